The molecule has 1 aliphatic carbocycles. The van der Waals surface area contributed by atoms with Gasteiger partial charge in [0.05, 0.1) is 11.0 Å². The van der Waals surface area contributed by atoms with E-state index in [2.05, 4.69) is 15.3 Å². The molecule has 1 aromatic heterocycles. The van der Waals surface area contributed by atoms with Crippen LogP contribution in [0.1, 0.15) is 37.7 Å². The second-order valence-electron chi connectivity index (χ2n) is 6.97. The first-order valence-electron chi connectivity index (χ1n) is 9.23. The molecule has 8 nitrogen and oxygen atoms in total. The number of ether oxygens (including phenoxy) is 1. The lowest BCUT2D eigenvalue weighted by atomic mass is 10.1. The van der Waals surface area contributed by atoms with Gasteiger partial charge in [0.1, 0.15) is 11.7 Å². The third-order valence-corrected chi connectivity index (χ3v) is 5.61. The van der Waals surface area contributed by atoms with E-state index in [4.69, 9.17) is 9.88 Å². The van der Waals surface area contributed by atoms with Crippen molar-refractivity contribution in [2.75, 3.05) is 5.32 Å². The van der Waals surface area contributed by atoms with Gasteiger partial charge in [-0.05, 0) is 43.5 Å². The lowest BCUT2D eigenvalue weighted by Crippen LogP contribution is -2.31. The quantitative estimate of drug-likeness (QED) is 0.603. The second-order valence-corrected chi connectivity index (χ2v) is 8.53. The van der Waals surface area contributed by atoms with Crippen LogP contribution in [-0.4, -0.2) is 35.7 Å². The molecule has 12 heteroatoms. The summed E-state index contributed by atoms with van der Waals surface area (Å²) < 4.78 is 68.3. The van der Waals surface area contributed by atoms with Crippen LogP contribution in [0.2, 0.25) is 0 Å². The van der Waals surface area contributed by atoms with Crippen LogP contribution in [0, 0.1) is 0 Å². The van der Waals surface area contributed by atoms with Crippen LogP contribution in [-0.2, 0) is 16.2 Å². The standard InChI is InChI=1S/C18H21F3N4O4S/c19-18(20,21)13-10-23-17(24-11-6-8-12(9-7-11)30(22,27)28)25-16(13)29-15-5-3-1-2-4-14(15)26/h6-10,14-15,26H,1-5H2,(H2,22,27,28)(H,23,24,25)/t14-,15+/m0/s1. The monoisotopic (exact) mass is 446 g/mol. The highest BCUT2D eigenvalue weighted by Crippen LogP contribution is 2.36. The van der Waals surface area contributed by atoms with Gasteiger partial charge in [0.15, 0.2) is 0 Å². The van der Waals surface area contributed by atoms with Gasteiger partial charge in [0, 0.05) is 11.9 Å². The molecule has 1 saturated carbocycles. The van der Waals surface area contributed by atoms with Crippen molar-refractivity contribution in [2.45, 2.75) is 55.4 Å². The molecule has 0 aliphatic heterocycles. The Morgan fingerprint density at radius 3 is 2.43 bits per heavy atom. The van der Waals surface area contributed by atoms with Crippen LogP contribution < -0.4 is 15.2 Å². The second kappa shape index (κ2) is 8.74. The van der Waals surface area contributed by atoms with E-state index in [-0.39, 0.29) is 10.8 Å². The number of sulfonamides is 1. The molecule has 2 aromatic rings. The molecule has 0 bridgehead atoms. The predicted octanol–water partition coefficient (Wildman–Crippen LogP) is 2.96. The summed E-state index contributed by atoms with van der Waals surface area (Å²) in [6.45, 7) is 0. The number of halogens is 3. The number of benzene rings is 1. The van der Waals surface area contributed by atoms with E-state index in [0.717, 1.165) is 19.3 Å². The fourth-order valence-electron chi connectivity index (χ4n) is 3.10. The van der Waals surface area contributed by atoms with E-state index >= 15 is 0 Å². The highest BCUT2D eigenvalue weighted by Gasteiger charge is 2.37. The van der Waals surface area contributed by atoms with Gasteiger partial charge in [-0.2, -0.15) is 18.2 Å². The first-order chi connectivity index (χ1) is 14.0. The van der Waals surface area contributed by atoms with E-state index in [1.165, 1.54) is 24.3 Å². The third kappa shape index (κ3) is 5.58. The molecule has 0 spiro atoms. The van der Waals surface area contributed by atoms with Gasteiger partial charge >= 0.3 is 6.18 Å². The first kappa shape index (κ1) is 22.2. The minimum Gasteiger partial charge on any atom is -0.471 e. The number of nitrogens with one attached hydrogen (secondary N) is 1. The fraction of sp³-hybridized carbons (Fsp3) is 0.444. The molecule has 0 radical (unpaired) electrons. The van der Waals surface area contributed by atoms with E-state index in [1.54, 1.807) is 0 Å². The Morgan fingerprint density at radius 1 is 1.13 bits per heavy atom. The smallest absolute Gasteiger partial charge is 0.423 e. The number of nitrogens with two attached hydrogens (primary N) is 1. The van der Waals surface area contributed by atoms with Crippen molar-refractivity contribution in [3.8, 4) is 5.88 Å². The zero-order chi connectivity index (χ0) is 21.9. The van der Waals surface area contributed by atoms with Gasteiger partial charge in [0.2, 0.25) is 21.9 Å². The van der Waals surface area contributed by atoms with Crippen LogP contribution in [0.4, 0.5) is 24.8 Å². The Labute approximate surface area is 171 Å². The average molecular weight is 446 g/mol. The number of rotatable bonds is 5. The Bertz CT molecular complexity index is 984. The Kier molecular flexibility index (Phi) is 6.48. The highest BCUT2D eigenvalue weighted by atomic mass is 32.2. The molecule has 1 fully saturated rings. The molecular formula is C18H21F3N4O4S. The summed E-state index contributed by atoms with van der Waals surface area (Å²) in [7, 11) is -3.87. The molecule has 3 rings (SSSR count). The number of nitrogens with zero attached hydrogens (tertiary/aromatic N) is 2. The van der Waals surface area contributed by atoms with Gasteiger partial charge in [-0.3, -0.25) is 0 Å². The predicted molar refractivity (Wildman–Crippen MR) is 102 cm³/mol. The molecule has 1 heterocycles. The number of primary sulfonamides is 1. The van der Waals surface area contributed by atoms with Gasteiger partial charge in [-0.15, -0.1) is 0 Å². The van der Waals surface area contributed by atoms with Gasteiger partial charge in [0.25, 0.3) is 0 Å². The van der Waals surface area contributed by atoms with Gasteiger partial charge in [-0.1, -0.05) is 12.8 Å². The minimum absolute atomic E-state index is 0.118. The Hall–Kier alpha value is -2.44. The maximum Gasteiger partial charge on any atom is 0.423 e. The van der Waals surface area contributed by atoms with Crippen molar-refractivity contribution in [1.82, 2.24) is 9.97 Å². The molecule has 1 aromatic carbocycles. The third-order valence-electron chi connectivity index (χ3n) is 4.68. The summed E-state index contributed by atoms with van der Waals surface area (Å²) >= 11 is 0. The SMILES string of the molecule is NS(=O)(=O)c1ccc(Nc2ncc(C(F)(F)F)c(O[C@@H]3CCCCC[C@@H]3O)n2)cc1. The number of hydrogen-bond acceptors (Lipinski definition) is 7. The number of aliphatic hydroxyl groups is 1. The normalized spacial score (nSPS) is 20.4. The van der Waals surface area contributed by atoms with Crippen molar-refractivity contribution in [1.29, 1.82) is 0 Å². The maximum atomic E-state index is 13.4. The number of aromatic nitrogens is 2. The molecule has 0 unspecified atom stereocenters. The van der Waals surface area contributed by atoms with Crippen LogP contribution >= 0.6 is 0 Å². The molecule has 0 saturated heterocycles. The van der Waals surface area contributed by atoms with Crippen LogP contribution in [0.25, 0.3) is 0 Å². The van der Waals surface area contributed by atoms with Gasteiger partial charge < -0.3 is 15.2 Å². The van der Waals surface area contributed by atoms with Gasteiger partial charge in [-0.25, -0.2) is 18.5 Å². The zero-order valence-electron chi connectivity index (χ0n) is 15.8. The molecule has 0 amide bonds. The van der Waals surface area contributed by atoms with E-state index in [1.807, 2.05) is 0 Å². The number of anilines is 2. The number of alkyl halides is 3. The molecule has 4 N–H and O–H groups in total. The fourth-order valence-corrected chi connectivity index (χ4v) is 3.62. The van der Waals surface area contributed by atoms with Crippen molar-refractivity contribution in [3.05, 3.63) is 36.0 Å². The topological polar surface area (TPSA) is 127 Å². The van der Waals surface area contributed by atoms with Crippen molar-refractivity contribution in [3.63, 3.8) is 0 Å². The zero-order valence-corrected chi connectivity index (χ0v) is 16.6. The lowest BCUT2D eigenvalue weighted by molar-refractivity contribution is -0.140. The van der Waals surface area contributed by atoms with E-state index < -0.39 is 39.9 Å². The average Bonchev–Trinajstić information content (AvgIpc) is 2.85. The Morgan fingerprint density at radius 2 is 1.80 bits per heavy atom. The Balaban J connectivity index is 1.86. The van der Waals surface area contributed by atoms with Crippen LogP contribution in [0.15, 0.2) is 35.4 Å². The van der Waals surface area contributed by atoms with Crippen LogP contribution in [0.3, 0.4) is 0 Å². The number of hydrogen-bond donors (Lipinski definition) is 3. The van der Waals surface area contributed by atoms with Crippen molar-refractivity contribution >= 4 is 21.7 Å². The molecular weight excluding hydrogens is 425 g/mol. The first-order valence-corrected chi connectivity index (χ1v) is 10.8. The summed E-state index contributed by atoms with van der Waals surface area (Å²) in [5.74, 6) is -0.850. The molecule has 1 aliphatic rings. The molecule has 2 atom stereocenters. The largest absolute Gasteiger partial charge is 0.471 e. The van der Waals surface area contributed by atoms with Crippen molar-refractivity contribution < 1.29 is 31.4 Å². The van der Waals surface area contributed by atoms with E-state index in [0.29, 0.717) is 24.7 Å². The van der Waals surface area contributed by atoms with E-state index in [9.17, 15) is 26.7 Å². The highest BCUT2D eigenvalue weighted by molar-refractivity contribution is 7.89. The summed E-state index contributed by atoms with van der Waals surface area (Å²) in [6.07, 6.45) is -2.58. The lowest BCUT2D eigenvalue weighted by Gasteiger charge is -2.23. The summed E-state index contributed by atoms with van der Waals surface area (Å²) in [5.41, 5.74) is -0.809. The summed E-state index contributed by atoms with van der Waals surface area (Å²) in [4.78, 5) is 7.40. The maximum absolute atomic E-state index is 13.4. The van der Waals surface area contributed by atoms with Crippen LogP contribution in [0.5, 0.6) is 5.88 Å². The summed E-state index contributed by atoms with van der Waals surface area (Å²) in [6, 6.07) is 5.22. The molecule has 30 heavy (non-hydrogen) atoms. The number of aliphatic hydroxyl groups excluding tert-OH is 1. The molecule has 164 valence electrons. The van der Waals surface area contributed by atoms with Crippen molar-refractivity contribution in [2.24, 2.45) is 5.14 Å². The summed E-state index contributed by atoms with van der Waals surface area (Å²) in [5, 5.41) is 17.9. The minimum atomic E-state index is -4.74.